The largest absolute Gasteiger partial charge is 0.480 e. The van der Waals surface area contributed by atoms with E-state index in [1.807, 2.05) is 0 Å². The van der Waals surface area contributed by atoms with Gasteiger partial charge in [0.1, 0.15) is 6.04 Å². The lowest BCUT2D eigenvalue weighted by Crippen LogP contribution is -2.48. The number of amides is 1. The van der Waals surface area contributed by atoms with E-state index in [-0.39, 0.29) is 24.6 Å². The number of sulfonamides is 1. The van der Waals surface area contributed by atoms with Gasteiger partial charge in [-0.1, -0.05) is 0 Å². The molecular weight excluding hydrogens is 284 g/mol. The van der Waals surface area contributed by atoms with Crippen molar-refractivity contribution < 1.29 is 23.1 Å². The van der Waals surface area contributed by atoms with E-state index < -0.39 is 22.0 Å². The van der Waals surface area contributed by atoms with Gasteiger partial charge < -0.3 is 10.0 Å². The first kappa shape index (κ1) is 15.2. The molecule has 0 radical (unpaired) electrons. The van der Waals surface area contributed by atoms with Gasteiger partial charge in [-0.3, -0.25) is 4.79 Å². The molecule has 8 heteroatoms. The molecule has 2 rings (SSSR count). The molecule has 1 amide bonds. The number of piperidine rings is 1. The van der Waals surface area contributed by atoms with Crippen LogP contribution in [0.2, 0.25) is 0 Å². The van der Waals surface area contributed by atoms with Gasteiger partial charge in [0.25, 0.3) is 0 Å². The summed E-state index contributed by atoms with van der Waals surface area (Å²) in [5.74, 6) is -1.10. The van der Waals surface area contributed by atoms with E-state index in [9.17, 15) is 18.0 Å². The van der Waals surface area contributed by atoms with Gasteiger partial charge in [0.05, 0.1) is 5.75 Å². The van der Waals surface area contributed by atoms with Crippen LogP contribution < -0.4 is 0 Å². The molecule has 114 valence electrons. The number of carbonyl (C=O) groups is 2. The second-order valence-corrected chi connectivity index (χ2v) is 7.34. The molecule has 0 spiro atoms. The van der Waals surface area contributed by atoms with E-state index in [0.29, 0.717) is 25.9 Å². The summed E-state index contributed by atoms with van der Waals surface area (Å²) >= 11 is 0. The molecule has 2 aliphatic heterocycles. The molecule has 1 atom stereocenters. The van der Waals surface area contributed by atoms with Crippen LogP contribution in [0.5, 0.6) is 0 Å². The SMILES string of the molecule is O=C(O)C1CCCCN1C(=O)CCN1CCCS1(=O)=O. The lowest BCUT2D eigenvalue weighted by Gasteiger charge is -2.33. The second-order valence-electron chi connectivity index (χ2n) is 5.26. The van der Waals surface area contributed by atoms with Gasteiger partial charge in [0.15, 0.2) is 0 Å². The summed E-state index contributed by atoms with van der Waals surface area (Å²) in [5.41, 5.74) is 0. The van der Waals surface area contributed by atoms with Crippen LogP contribution in [0.15, 0.2) is 0 Å². The Labute approximate surface area is 118 Å². The Morgan fingerprint density at radius 2 is 1.90 bits per heavy atom. The van der Waals surface area contributed by atoms with Crippen molar-refractivity contribution in [3.63, 3.8) is 0 Å². The Balaban J connectivity index is 1.92. The minimum Gasteiger partial charge on any atom is -0.480 e. The van der Waals surface area contributed by atoms with Gasteiger partial charge in [0.2, 0.25) is 15.9 Å². The highest BCUT2D eigenvalue weighted by atomic mass is 32.2. The van der Waals surface area contributed by atoms with E-state index in [0.717, 1.165) is 12.8 Å². The molecule has 2 fully saturated rings. The van der Waals surface area contributed by atoms with Crippen molar-refractivity contribution in [3.05, 3.63) is 0 Å². The summed E-state index contributed by atoms with van der Waals surface area (Å²) in [5, 5.41) is 9.12. The molecule has 0 aromatic carbocycles. The third-order valence-corrected chi connectivity index (χ3v) is 5.84. The molecule has 2 saturated heterocycles. The Morgan fingerprint density at radius 1 is 1.15 bits per heavy atom. The fourth-order valence-corrected chi connectivity index (χ4v) is 4.32. The van der Waals surface area contributed by atoms with Gasteiger partial charge in [0, 0.05) is 26.1 Å². The molecular formula is C12H20N2O5S. The number of carboxylic acids is 1. The maximum Gasteiger partial charge on any atom is 0.326 e. The zero-order chi connectivity index (χ0) is 14.8. The lowest BCUT2D eigenvalue weighted by molar-refractivity contribution is -0.152. The average Bonchev–Trinajstić information content (AvgIpc) is 2.75. The summed E-state index contributed by atoms with van der Waals surface area (Å²) in [6.45, 7) is 1.06. The highest BCUT2D eigenvalue weighted by molar-refractivity contribution is 7.89. The molecule has 0 bridgehead atoms. The van der Waals surface area contributed by atoms with Crippen molar-refractivity contribution >= 4 is 21.9 Å². The summed E-state index contributed by atoms with van der Waals surface area (Å²) in [7, 11) is -3.20. The van der Waals surface area contributed by atoms with Crippen LogP contribution in [0.25, 0.3) is 0 Å². The monoisotopic (exact) mass is 304 g/mol. The first-order valence-electron chi connectivity index (χ1n) is 6.92. The molecule has 1 unspecified atom stereocenters. The highest BCUT2D eigenvalue weighted by Crippen LogP contribution is 2.19. The lowest BCUT2D eigenvalue weighted by atomic mass is 10.0. The number of hydrogen-bond donors (Lipinski definition) is 1. The van der Waals surface area contributed by atoms with Crippen LogP contribution in [0.4, 0.5) is 0 Å². The minimum absolute atomic E-state index is 0.0585. The van der Waals surface area contributed by atoms with E-state index >= 15 is 0 Å². The second kappa shape index (κ2) is 6.09. The van der Waals surface area contributed by atoms with Crippen LogP contribution >= 0.6 is 0 Å². The highest BCUT2D eigenvalue weighted by Gasteiger charge is 2.33. The number of nitrogens with zero attached hydrogens (tertiary/aromatic N) is 2. The van der Waals surface area contributed by atoms with E-state index in [4.69, 9.17) is 5.11 Å². The number of rotatable bonds is 4. The van der Waals surface area contributed by atoms with Gasteiger partial charge in [-0.15, -0.1) is 0 Å². The van der Waals surface area contributed by atoms with Crippen molar-refractivity contribution in [2.24, 2.45) is 0 Å². The summed E-state index contributed by atoms with van der Waals surface area (Å²) < 4.78 is 24.6. The third kappa shape index (κ3) is 3.29. The van der Waals surface area contributed by atoms with E-state index in [2.05, 4.69) is 0 Å². The van der Waals surface area contributed by atoms with E-state index in [1.165, 1.54) is 9.21 Å². The van der Waals surface area contributed by atoms with Gasteiger partial charge >= 0.3 is 5.97 Å². The average molecular weight is 304 g/mol. The van der Waals surface area contributed by atoms with Crippen molar-refractivity contribution in [2.75, 3.05) is 25.4 Å². The maximum absolute atomic E-state index is 12.1. The molecule has 0 aromatic heterocycles. The first-order valence-corrected chi connectivity index (χ1v) is 8.53. The summed E-state index contributed by atoms with van der Waals surface area (Å²) in [6.07, 6.45) is 2.74. The predicted molar refractivity (Wildman–Crippen MR) is 71.6 cm³/mol. The smallest absolute Gasteiger partial charge is 0.326 e. The molecule has 20 heavy (non-hydrogen) atoms. The Bertz CT molecular complexity index is 490. The van der Waals surface area contributed by atoms with Gasteiger partial charge in [-0.25, -0.2) is 17.5 Å². The standard InChI is InChI=1S/C12H20N2O5S/c15-11(5-8-13-6-3-9-20(13,18)19)14-7-2-1-4-10(14)12(16)17/h10H,1-9H2,(H,16,17). The summed E-state index contributed by atoms with van der Waals surface area (Å²) in [6, 6.07) is -0.758. The van der Waals surface area contributed by atoms with Crippen LogP contribution in [-0.4, -0.2) is 66.0 Å². The quantitative estimate of drug-likeness (QED) is 0.781. The number of hydrogen-bond acceptors (Lipinski definition) is 4. The molecule has 1 N–H and O–H groups in total. The predicted octanol–water partition coefficient (Wildman–Crippen LogP) is -0.122. The fourth-order valence-electron chi connectivity index (χ4n) is 2.79. The Hall–Kier alpha value is -1.15. The molecule has 2 aliphatic rings. The maximum atomic E-state index is 12.1. The zero-order valence-corrected chi connectivity index (χ0v) is 12.1. The molecule has 7 nitrogen and oxygen atoms in total. The normalized spacial score (nSPS) is 26.6. The topological polar surface area (TPSA) is 95.0 Å². The fraction of sp³-hybridized carbons (Fsp3) is 0.833. The first-order chi connectivity index (χ1) is 9.42. The number of carboxylic acid groups (broad SMARTS) is 1. The van der Waals surface area contributed by atoms with Crippen molar-refractivity contribution in [1.29, 1.82) is 0 Å². The van der Waals surface area contributed by atoms with Crippen molar-refractivity contribution in [1.82, 2.24) is 9.21 Å². The third-order valence-electron chi connectivity index (χ3n) is 3.89. The van der Waals surface area contributed by atoms with E-state index in [1.54, 1.807) is 0 Å². The molecule has 0 aromatic rings. The zero-order valence-electron chi connectivity index (χ0n) is 11.3. The van der Waals surface area contributed by atoms with Gasteiger partial charge in [-0.05, 0) is 25.7 Å². The van der Waals surface area contributed by atoms with Gasteiger partial charge in [-0.2, -0.15) is 0 Å². The number of carbonyl (C=O) groups excluding carboxylic acids is 1. The number of likely N-dealkylation sites (tertiary alicyclic amines) is 1. The van der Waals surface area contributed by atoms with Crippen LogP contribution in [0.3, 0.4) is 0 Å². The van der Waals surface area contributed by atoms with Crippen molar-refractivity contribution in [3.8, 4) is 0 Å². The Morgan fingerprint density at radius 3 is 2.50 bits per heavy atom. The van der Waals surface area contributed by atoms with Crippen LogP contribution in [0.1, 0.15) is 32.1 Å². The summed E-state index contributed by atoms with van der Waals surface area (Å²) in [4.78, 5) is 24.6. The molecule has 0 saturated carbocycles. The molecule has 2 heterocycles. The number of aliphatic carboxylic acids is 1. The molecule has 0 aliphatic carbocycles. The Kier molecular flexibility index (Phi) is 4.64. The minimum atomic E-state index is -3.20. The van der Waals surface area contributed by atoms with Crippen LogP contribution in [-0.2, 0) is 19.6 Å². The van der Waals surface area contributed by atoms with Crippen molar-refractivity contribution in [2.45, 2.75) is 38.1 Å². The van der Waals surface area contributed by atoms with Crippen LogP contribution in [0, 0.1) is 0 Å².